The fourth-order valence-electron chi connectivity index (χ4n) is 2.37. The molecule has 0 unspecified atom stereocenters. The number of hydrogen-bond donors (Lipinski definition) is 2. The van der Waals surface area contributed by atoms with Gasteiger partial charge in [-0.25, -0.2) is 4.98 Å². The molecule has 3 rings (SSSR count). The zero-order valence-electron chi connectivity index (χ0n) is 14.4. The van der Waals surface area contributed by atoms with Crippen molar-refractivity contribution in [2.75, 3.05) is 6.54 Å². The van der Waals surface area contributed by atoms with Crippen LogP contribution in [0.5, 0.6) is 0 Å². The van der Waals surface area contributed by atoms with E-state index in [-0.39, 0.29) is 24.8 Å². The number of nitrogens with zero attached hydrogens (tertiary/aromatic N) is 1. The minimum atomic E-state index is -0.230. The summed E-state index contributed by atoms with van der Waals surface area (Å²) < 4.78 is 0. The number of nitrogens with one attached hydrogen (secondary N) is 2. The predicted molar refractivity (Wildman–Crippen MR) is 108 cm³/mol. The van der Waals surface area contributed by atoms with Crippen LogP contribution in [0.15, 0.2) is 60.0 Å². The van der Waals surface area contributed by atoms with Crippen LogP contribution in [-0.2, 0) is 11.3 Å². The van der Waals surface area contributed by atoms with Crippen molar-refractivity contribution in [2.24, 2.45) is 0 Å². The molecule has 0 saturated heterocycles. The maximum Gasteiger partial charge on any atom is 0.251 e. The van der Waals surface area contributed by atoms with Crippen molar-refractivity contribution in [2.45, 2.75) is 13.0 Å². The molecule has 0 spiro atoms. The Morgan fingerprint density at radius 3 is 2.48 bits per heavy atom. The molecule has 0 aliphatic carbocycles. The number of amides is 2. The highest BCUT2D eigenvalue weighted by Crippen LogP contribution is 2.23. The molecule has 0 saturated carbocycles. The first-order valence-corrected chi connectivity index (χ1v) is 9.68. The van der Waals surface area contributed by atoms with Crippen molar-refractivity contribution in [3.8, 4) is 10.6 Å². The summed E-state index contributed by atoms with van der Waals surface area (Å²) in [5.74, 6) is -0.368. The van der Waals surface area contributed by atoms with E-state index in [1.165, 1.54) is 0 Å². The summed E-state index contributed by atoms with van der Waals surface area (Å²) >= 11 is 7.34. The minimum Gasteiger partial charge on any atom is -0.352 e. The highest BCUT2D eigenvalue weighted by atomic mass is 35.5. The van der Waals surface area contributed by atoms with Crippen molar-refractivity contribution in [1.29, 1.82) is 0 Å². The largest absolute Gasteiger partial charge is 0.352 e. The number of aromatic nitrogens is 1. The van der Waals surface area contributed by atoms with Crippen LogP contribution in [0.2, 0.25) is 5.02 Å². The molecule has 0 fully saturated rings. The number of halogens is 1. The highest BCUT2D eigenvalue weighted by Gasteiger charge is 2.08. The lowest BCUT2D eigenvalue weighted by molar-refractivity contribution is -0.121. The number of carbonyl (C=O) groups excluding carboxylic acids is 2. The van der Waals surface area contributed by atoms with Crippen LogP contribution in [0, 0.1) is 0 Å². The zero-order valence-corrected chi connectivity index (χ0v) is 16.0. The monoisotopic (exact) mass is 399 g/mol. The molecule has 3 aromatic rings. The van der Waals surface area contributed by atoms with Crippen LogP contribution in [0.3, 0.4) is 0 Å². The van der Waals surface area contributed by atoms with Crippen LogP contribution in [-0.4, -0.2) is 23.3 Å². The van der Waals surface area contributed by atoms with Crippen molar-refractivity contribution in [3.05, 3.63) is 76.3 Å². The standard InChI is InChI=1S/C20H18ClN3O2S/c21-16-8-6-14(7-9-16)19(26)22-11-10-18(25)23-12-17-13-27-20(24-17)15-4-2-1-3-5-15/h1-9,13H,10-12H2,(H,22,26)(H,23,25). The van der Waals surface area contributed by atoms with Gasteiger partial charge in [-0.05, 0) is 24.3 Å². The van der Waals surface area contributed by atoms with Gasteiger partial charge in [0.05, 0.1) is 12.2 Å². The summed E-state index contributed by atoms with van der Waals surface area (Å²) in [6.07, 6.45) is 0.203. The number of benzene rings is 2. The van der Waals surface area contributed by atoms with Gasteiger partial charge in [0.15, 0.2) is 0 Å². The lowest BCUT2D eigenvalue weighted by atomic mass is 10.2. The van der Waals surface area contributed by atoms with Crippen LogP contribution in [0.4, 0.5) is 0 Å². The Morgan fingerprint density at radius 1 is 1.00 bits per heavy atom. The molecule has 0 radical (unpaired) electrons. The van der Waals surface area contributed by atoms with E-state index in [4.69, 9.17) is 11.6 Å². The first-order chi connectivity index (χ1) is 13.1. The molecule has 5 nitrogen and oxygen atoms in total. The Bertz CT molecular complexity index is 910. The summed E-state index contributed by atoms with van der Waals surface area (Å²) in [5.41, 5.74) is 2.39. The van der Waals surface area contributed by atoms with Gasteiger partial charge in [0.1, 0.15) is 5.01 Å². The third-order valence-corrected chi connectivity index (χ3v) is 4.98. The molecular weight excluding hydrogens is 382 g/mol. The summed E-state index contributed by atoms with van der Waals surface area (Å²) in [6, 6.07) is 16.5. The van der Waals surface area contributed by atoms with Crippen molar-refractivity contribution in [3.63, 3.8) is 0 Å². The molecule has 27 heavy (non-hydrogen) atoms. The van der Waals surface area contributed by atoms with Gasteiger partial charge >= 0.3 is 0 Å². The Hall–Kier alpha value is -2.70. The van der Waals surface area contributed by atoms with Crippen LogP contribution < -0.4 is 10.6 Å². The SMILES string of the molecule is O=C(CCNC(=O)c1ccc(Cl)cc1)NCc1csc(-c2ccccc2)n1. The van der Waals surface area contributed by atoms with Gasteiger partial charge in [0.2, 0.25) is 5.91 Å². The van der Waals surface area contributed by atoms with Crippen molar-refractivity contribution < 1.29 is 9.59 Å². The van der Waals surface area contributed by atoms with Gasteiger partial charge in [-0.3, -0.25) is 9.59 Å². The lowest BCUT2D eigenvalue weighted by Crippen LogP contribution is -2.30. The molecular formula is C20H18ClN3O2S. The zero-order chi connectivity index (χ0) is 19.1. The fourth-order valence-corrected chi connectivity index (χ4v) is 3.32. The number of rotatable bonds is 7. The molecule has 138 valence electrons. The third-order valence-electron chi connectivity index (χ3n) is 3.78. The van der Waals surface area contributed by atoms with Crippen molar-refractivity contribution >= 4 is 34.8 Å². The number of hydrogen-bond acceptors (Lipinski definition) is 4. The highest BCUT2D eigenvalue weighted by molar-refractivity contribution is 7.13. The lowest BCUT2D eigenvalue weighted by Gasteiger charge is -2.06. The van der Waals surface area contributed by atoms with Crippen LogP contribution in [0.25, 0.3) is 10.6 Å². The molecule has 7 heteroatoms. The molecule has 0 aliphatic heterocycles. The first kappa shape index (κ1) is 19.1. The van der Waals surface area contributed by atoms with E-state index in [0.717, 1.165) is 16.3 Å². The molecule has 2 aromatic carbocycles. The molecule has 0 bridgehead atoms. The molecule has 1 aromatic heterocycles. The van der Waals surface area contributed by atoms with E-state index in [9.17, 15) is 9.59 Å². The maximum atomic E-state index is 12.0. The second-order valence-electron chi connectivity index (χ2n) is 5.80. The van der Waals surface area contributed by atoms with Crippen molar-refractivity contribution in [1.82, 2.24) is 15.6 Å². The molecule has 0 atom stereocenters. The Balaban J connectivity index is 1.40. The summed E-state index contributed by atoms with van der Waals surface area (Å²) in [7, 11) is 0. The van der Waals surface area contributed by atoms with Crippen LogP contribution in [0.1, 0.15) is 22.5 Å². The minimum absolute atomic E-state index is 0.138. The quantitative estimate of drug-likeness (QED) is 0.633. The fraction of sp³-hybridized carbons (Fsp3) is 0.150. The second-order valence-corrected chi connectivity index (χ2v) is 7.09. The number of carbonyl (C=O) groups is 2. The molecule has 2 amide bonds. The maximum absolute atomic E-state index is 12.0. The Labute approximate surface area is 166 Å². The van der Waals surface area contributed by atoms with E-state index < -0.39 is 0 Å². The molecule has 1 heterocycles. The van der Waals surface area contributed by atoms with E-state index in [0.29, 0.717) is 17.1 Å². The average Bonchev–Trinajstić information content (AvgIpc) is 3.16. The number of thiazole rings is 1. The summed E-state index contributed by atoms with van der Waals surface area (Å²) in [4.78, 5) is 28.4. The van der Waals surface area contributed by atoms with E-state index in [2.05, 4.69) is 15.6 Å². The molecule has 0 aliphatic rings. The van der Waals surface area contributed by atoms with Gasteiger partial charge in [0, 0.05) is 34.5 Å². The Kier molecular flexibility index (Phi) is 6.57. The summed E-state index contributed by atoms with van der Waals surface area (Å²) in [6.45, 7) is 0.632. The smallest absolute Gasteiger partial charge is 0.251 e. The van der Waals surface area contributed by atoms with E-state index in [1.807, 2.05) is 35.7 Å². The van der Waals surface area contributed by atoms with Gasteiger partial charge in [-0.15, -0.1) is 11.3 Å². The first-order valence-electron chi connectivity index (χ1n) is 8.42. The molecule has 2 N–H and O–H groups in total. The van der Waals surface area contributed by atoms with Gasteiger partial charge < -0.3 is 10.6 Å². The topological polar surface area (TPSA) is 71.1 Å². The van der Waals surface area contributed by atoms with E-state index in [1.54, 1.807) is 35.6 Å². The predicted octanol–water partition coefficient (Wildman–Crippen LogP) is 3.90. The Morgan fingerprint density at radius 2 is 1.74 bits per heavy atom. The van der Waals surface area contributed by atoms with Crippen LogP contribution >= 0.6 is 22.9 Å². The van der Waals surface area contributed by atoms with Gasteiger partial charge in [0.25, 0.3) is 5.91 Å². The third kappa shape index (κ3) is 5.64. The van der Waals surface area contributed by atoms with Gasteiger partial charge in [-0.2, -0.15) is 0 Å². The normalized spacial score (nSPS) is 10.4. The van der Waals surface area contributed by atoms with E-state index >= 15 is 0 Å². The van der Waals surface area contributed by atoms with Gasteiger partial charge in [-0.1, -0.05) is 41.9 Å². The second kappa shape index (κ2) is 9.30. The average molecular weight is 400 g/mol. The summed E-state index contributed by atoms with van der Waals surface area (Å²) in [5, 5.41) is 8.97.